The summed E-state index contributed by atoms with van der Waals surface area (Å²) in [5, 5.41) is 15.2. The zero-order chi connectivity index (χ0) is 15.1. The summed E-state index contributed by atoms with van der Waals surface area (Å²) in [6.45, 7) is 6.13. The van der Waals surface area contributed by atoms with Crippen LogP contribution in [0, 0.1) is 5.92 Å². The van der Waals surface area contributed by atoms with Gasteiger partial charge in [-0.1, -0.05) is 6.92 Å². The number of rotatable bonds is 6. The second-order valence-electron chi connectivity index (χ2n) is 5.72. The molecule has 1 aromatic heterocycles. The average molecular weight is 295 g/mol. The predicted molar refractivity (Wildman–Crippen MR) is 79.9 cm³/mol. The molecule has 6 heteroatoms. The smallest absolute Gasteiger partial charge is 0.314 e. The first-order valence-corrected chi connectivity index (χ1v) is 7.60. The number of urea groups is 1. The molecule has 2 unspecified atom stereocenters. The number of piperidine rings is 1. The molecule has 0 aliphatic carbocycles. The van der Waals surface area contributed by atoms with Crippen molar-refractivity contribution in [3.8, 4) is 0 Å². The zero-order valence-corrected chi connectivity index (χ0v) is 12.5. The Hall–Kier alpha value is -1.53. The molecule has 1 aliphatic rings. The normalized spacial score (nSPS) is 21.0. The van der Waals surface area contributed by atoms with E-state index in [0.29, 0.717) is 12.3 Å². The number of amides is 2. The van der Waals surface area contributed by atoms with Gasteiger partial charge in [-0.3, -0.25) is 0 Å². The van der Waals surface area contributed by atoms with Crippen molar-refractivity contribution in [3.63, 3.8) is 0 Å². The van der Waals surface area contributed by atoms with E-state index in [1.165, 1.54) is 19.1 Å². The average Bonchev–Trinajstić information content (AvgIpc) is 2.99. The van der Waals surface area contributed by atoms with Crippen LogP contribution < -0.4 is 10.6 Å². The van der Waals surface area contributed by atoms with Gasteiger partial charge in [0.1, 0.15) is 11.9 Å². The Morgan fingerprint density at radius 2 is 2.43 bits per heavy atom. The van der Waals surface area contributed by atoms with Gasteiger partial charge in [0.05, 0.1) is 12.8 Å². The lowest BCUT2D eigenvalue weighted by Crippen LogP contribution is -2.43. The Morgan fingerprint density at radius 3 is 3.14 bits per heavy atom. The van der Waals surface area contributed by atoms with Crippen molar-refractivity contribution in [1.29, 1.82) is 0 Å². The Morgan fingerprint density at radius 1 is 1.57 bits per heavy atom. The third-order valence-electron chi connectivity index (χ3n) is 3.78. The fourth-order valence-electron chi connectivity index (χ4n) is 2.65. The summed E-state index contributed by atoms with van der Waals surface area (Å²) in [5.74, 6) is 1.20. The van der Waals surface area contributed by atoms with E-state index in [-0.39, 0.29) is 12.6 Å². The van der Waals surface area contributed by atoms with Gasteiger partial charge in [-0.2, -0.15) is 0 Å². The number of hydrogen-bond donors (Lipinski definition) is 3. The molecule has 21 heavy (non-hydrogen) atoms. The van der Waals surface area contributed by atoms with E-state index in [4.69, 9.17) is 4.42 Å². The fraction of sp³-hybridized carbons (Fsp3) is 0.667. The van der Waals surface area contributed by atoms with Gasteiger partial charge in [0.15, 0.2) is 0 Å². The van der Waals surface area contributed by atoms with Crippen molar-refractivity contribution >= 4 is 6.03 Å². The molecule has 1 fully saturated rings. The molecule has 118 valence electrons. The summed E-state index contributed by atoms with van der Waals surface area (Å²) in [6, 6.07) is 3.13. The van der Waals surface area contributed by atoms with Crippen LogP contribution in [-0.4, -0.2) is 48.8 Å². The SMILES string of the molecule is CC1CCCN(CCNC(=O)NCC(O)c2ccco2)C1. The van der Waals surface area contributed by atoms with Crippen LogP contribution >= 0.6 is 0 Å². The highest BCUT2D eigenvalue weighted by molar-refractivity contribution is 5.73. The molecule has 1 saturated heterocycles. The molecule has 2 atom stereocenters. The Labute approximate surface area is 125 Å². The number of aliphatic hydroxyl groups excluding tert-OH is 1. The molecule has 0 radical (unpaired) electrons. The summed E-state index contributed by atoms with van der Waals surface area (Å²) in [7, 11) is 0. The van der Waals surface area contributed by atoms with Crippen LogP contribution in [0.1, 0.15) is 31.6 Å². The lowest BCUT2D eigenvalue weighted by atomic mass is 10.0. The molecule has 0 aromatic carbocycles. The topological polar surface area (TPSA) is 77.7 Å². The predicted octanol–water partition coefficient (Wildman–Crippen LogP) is 1.34. The second kappa shape index (κ2) is 8.05. The minimum Gasteiger partial charge on any atom is -0.467 e. The maximum atomic E-state index is 11.6. The van der Waals surface area contributed by atoms with Gasteiger partial charge >= 0.3 is 6.03 Å². The van der Waals surface area contributed by atoms with Gasteiger partial charge in [-0.05, 0) is 37.4 Å². The van der Waals surface area contributed by atoms with Crippen LogP contribution in [0.5, 0.6) is 0 Å². The number of likely N-dealkylation sites (tertiary alicyclic amines) is 1. The minimum absolute atomic E-state index is 0.139. The number of nitrogens with zero attached hydrogens (tertiary/aromatic N) is 1. The molecule has 0 saturated carbocycles. The van der Waals surface area contributed by atoms with Crippen LogP contribution in [0.3, 0.4) is 0 Å². The second-order valence-corrected chi connectivity index (χ2v) is 5.72. The van der Waals surface area contributed by atoms with E-state index < -0.39 is 6.10 Å². The van der Waals surface area contributed by atoms with Crippen molar-refractivity contribution in [1.82, 2.24) is 15.5 Å². The third-order valence-corrected chi connectivity index (χ3v) is 3.78. The standard InChI is InChI=1S/C15H25N3O3/c1-12-4-2-7-18(11-12)8-6-16-15(20)17-10-13(19)14-5-3-9-21-14/h3,5,9,12-13,19H,2,4,6-8,10-11H2,1H3,(H2,16,17,20). The van der Waals surface area contributed by atoms with E-state index in [9.17, 15) is 9.90 Å². The maximum Gasteiger partial charge on any atom is 0.314 e. The van der Waals surface area contributed by atoms with E-state index in [1.807, 2.05) is 0 Å². The first-order valence-electron chi connectivity index (χ1n) is 7.60. The van der Waals surface area contributed by atoms with E-state index >= 15 is 0 Å². The molecular formula is C15H25N3O3. The summed E-state index contributed by atoms with van der Waals surface area (Å²) in [6.07, 6.45) is 3.23. The van der Waals surface area contributed by atoms with Crippen LogP contribution in [0.15, 0.2) is 22.8 Å². The Balaban J connectivity index is 1.57. The van der Waals surface area contributed by atoms with Gasteiger partial charge in [-0.15, -0.1) is 0 Å². The summed E-state index contributed by atoms with van der Waals surface area (Å²) in [5.41, 5.74) is 0. The van der Waals surface area contributed by atoms with Gasteiger partial charge in [0.25, 0.3) is 0 Å². The van der Waals surface area contributed by atoms with Crippen molar-refractivity contribution in [3.05, 3.63) is 24.2 Å². The molecule has 2 rings (SSSR count). The summed E-state index contributed by atoms with van der Waals surface area (Å²) < 4.78 is 5.07. The highest BCUT2D eigenvalue weighted by Crippen LogP contribution is 2.14. The first-order chi connectivity index (χ1) is 10.1. The third kappa shape index (κ3) is 5.40. The summed E-state index contributed by atoms with van der Waals surface area (Å²) >= 11 is 0. The van der Waals surface area contributed by atoms with Crippen molar-refractivity contribution in [2.75, 3.05) is 32.7 Å². The number of aliphatic hydroxyl groups is 1. The Kier molecular flexibility index (Phi) is 6.07. The van der Waals surface area contributed by atoms with Crippen LogP contribution in [-0.2, 0) is 0 Å². The molecule has 2 amide bonds. The largest absolute Gasteiger partial charge is 0.467 e. The van der Waals surface area contributed by atoms with Gasteiger partial charge in [-0.25, -0.2) is 4.79 Å². The fourth-order valence-corrected chi connectivity index (χ4v) is 2.65. The maximum absolute atomic E-state index is 11.6. The van der Waals surface area contributed by atoms with Crippen LogP contribution in [0.25, 0.3) is 0 Å². The Bertz CT molecular complexity index is 422. The van der Waals surface area contributed by atoms with Crippen LogP contribution in [0.4, 0.5) is 4.79 Å². The summed E-state index contributed by atoms with van der Waals surface area (Å²) in [4.78, 5) is 14.0. The van der Waals surface area contributed by atoms with Crippen molar-refractivity contribution in [2.45, 2.75) is 25.9 Å². The molecule has 3 N–H and O–H groups in total. The molecule has 6 nitrogen and oxygen atoms in total. The van der Waals surface area contributed by atoms with Gasteiger partial charge in [0.2, 0.25) is 0 Å². The lowest BCUT2D eigenvalue weighted by Gasteiger charge is -2.30. The molecule has 0 bridgehead atoms. The van der Waals surface area contributed by atoms with Gasteiger partial charge in [0, 0.05) is 19.6 Å². The first kappa shape index (κ1) is 15.9. The minimum atomic E-state index is -0.811. The molecule has 1 aliphatic heterocycles. The number of furan rings is 1. The van der Waals surface area contributed by atoms with Crippen LogP contribution in [0.2, 0.25) is 0 Å². The molecule has 2 heterocycles. The highest BCUT2D eigenvalue weighted by atomic mass is 16.4. The molecule has 0 spiro atoms. The highest BCUT2D eigenvalue weighted by Gasteiger charge is 2.16. The number of nitrogens with one attached hydrogen (secondary N) is 2. The zero-order valence-electron chi connectivity index (χ0n) is 12.5. The van der Waals surface area contributed by atoms with E-state index in [2.05, 4.69) is 22.5 Å². The lowest BCUT2D eigenvalue weighted by molar-refractivity contribution is 0.147. The van der Waals surface area contributed by atoms with Crippen molar-refractivity contribution < 1.29 is 14.3 Å². The van der Waals surface area contributed by atoms with Crippen molar-refractivity contribution in [2.24, 2.45) is 5.92 Å². The number of hydrogen-bond acceptors (Lipinski definition) is 4. The van der Waals surface area contributed by atoms with Gasteiger partial charge < -0.3 is 25.1 Å². The quantitative estimate of drug-likeness (QED) is 0.740. The number of carbonyl (C=O) groups is 1. The number of carbonyl (C=O) groups excluding carboxylic acids is 1. The van der Waals surface area contributed by atoms with E-state index in [1.54, 1.807) is 12.1 Å². The molecular weight excluding hydrogens is 270 g/mol. The molecule has 1 aromatic rings. The monoisotopic (exact) mass is 295 g/mol. The van der Waals surface area contributed by atoms with E-state index in [0.717, 1.165) is 25.6 Å².